The maximum absolute atomic E-state index is 5.96. The molecule has 3 nitrogen and oxygen atoms in total. The molecule has 0 aromatic rings. The van der Waals surface area contributed by atoms with Crippen molar-refractivity contribution in [1.29, 1.82) is 0 Å². The highest BCUT2D eigenvalue weighted by Gasteiger charge is 2.29. The van der Waals surface area contributed by atoms with E-state index in [1.807, 2.05) is 5.01 Å². The minimum Gasteiger partial charge on any atom is -0.378 e. The molecular formula is C10H20N2O. The van der Waals surface area contributed by atoms with Crippen LogP contribution in [-0.2, 0) is 4.74 Å². The number of hydrazine groups is 1. The Bertz CT molecular complexity index is 157. The average Bonchev–Trinajstić information content (AvgIpc) is 2.20. The van der Waals surface area contributed by atoms with Crippen LogP contribution in [0.25, 0.3) is 0 Å². The van der Waals surface area contributed by atoms with Crippen LogP contribution in [0.1, 0.15) is 32.1 Å². The van der Waals surface area contributed by atoms with E-state index in [0.717, 1.165) is 25.7 Å². The molecular weight excluding hydrogens is 164 g/mol. The number of nitrogens with zero attached hydrogens (tertiary/aromatic N) is 1. The highest BCUT2D eigenvalue weighted by molar-refractivity contribution is 4.81. The van der Waals surface area contributed by atoms with Crippen LogP contribution in [0.4, 0.5) is 0 Å². The summed E-state index contributed by atoms with van der Waals surface area (Å²) in [6, 6.07) is 0.494. The number of hydrogen-bond acceptors (Lipinski definition) is 3. The van der Waals surface area contributed by atoms with Crippen LogP contribution in [-0.4, -0.2) is 30.8 Å². The van der Waals surface area contributed by atoms with Gasteiger partial charge in [0, 0.05) is 6.54 Å². The fourth-order valence-corrected chi connectivity index (χ4v) is 2.56. The van der Waals surface area contributed by atoms with Gasteiger partial charge in [0.05, 0.1) is 19.3 Å². The molecule has 2 rings (SSSR count). The Morgan fingerprint density at radius 2 is 1.92 bits per heavy atom. The van der Waals surface area contributed by atoms with E-state index in [2.05, 4.69) is 0 Å². The van der Waals surface area contributed by atoms with Gasteiger partial charge in [-0.05, 0) is 18.8 Å². The molecule has 0 spiro atoms. The molecule has 1 saturated heterocycles. The molecule has 1 aliphatic carbocycles. The largest absolute Gasteiger partial charge is 0.378 e. The van der Waals surface area contributed by atoms with Crippen LogP contribution in [0.2, 0.25) is 0 Å². The van der Waals surface area contributed by atoms with Crippen molar-refractivity contribution >= 4 is 0 Å². The zero-order chi connectivity index (χ0) is 9.10. The Morgan fingerprint density at radius 1 is 1.15 bits per heavy atom. The van der Waals surface area contributed by atoms with Crippen molar-refractivity contribution in [2.75, 3.05) is 19.8 Å². The number of morpholine rings is 1. The van der Waals surface area contributed by atoms with Crippen LogP contribution in [0.5, 0.6) is 0 Å². The summed E-state index contributed by atoms with van der Waals surface area (Å²) in [5, 5.41) is 2.00. The summed E-state index contributed by atoms with van der Waals surface area (Å²) < 4.78 is 5.48. The normalized spacial score (nSPS) is 33.5. The molecule has 0 radical (unpaired) electrons. The van der Waals surface area contributed by atoms with E-state index < -0.39 is 0 Å². The first-order chi connectivity index (χ1) is 6.38. The maximum atomic E-state index is 5.96. The third-order valence-corrected chi connectivity index (χ3v) is 3.40. The summed E-state index contributed by atoms with van der Waals surface area (Å²) >= 11 is 0. The van der Waals surface area contributed by atoms with Gasteiger partial charge in [-0.1, -0.05) is 19.3 Å². The van der Waals surface area contributed by atoms with Gasteiger partial charge in [0.15, 0.2) is 0 Å². The Labute approximate surface area is 80.2 Å². The van der Waals surface area contributed by atoms with Gasteiger partial charge >= 0.3 is 0 Å². The quantitative estimate of drug-likeness (QED) is 0.621. The van der Waals surface area contributed by atoms with Crippen LogP contribution in [0.3, 0.4) is 0 Å². The van der Waals surface area contributed by atoms with Gasteiger partial charge in [0.25, 0.3) is 0 Å². The lowest BCUT2D eigenvalue weighted by molar-refractivity contribution is -0.0370. The lowest BCUT2D eigenvalue weighted by Crippen LogP contribution is -2.53. The highest BCUT2D eigenvalue weighted by atomic mass is 16.5. The molecule has 2 N–H and O–H groups in total. The van der Waals surface area contributed by atoms with Gasteiger partial charge in [0.2, 0.25) is 0 Å². The van der Waals surface area contributed by atoms with Gasteiger partial charge in [-0.2, -0.15) is 0 Å². The van der Waals surface area contributed by atoms with Gasteiger partial charge in [-0.25, -0.2) is 5.01 Å². The zero-order valence-electron chi connectivity index (χ0n) is 8.24. The Hall–Kier alpha value is -0.120. The molecule has 2 aliphatic rings. The summed E-state index contributed by atoms with van der Waals surface area (Å²) in [6.07, 6.45) is 6.88. The molecule has 1 aliphatic heterocycles. The van der Waals surface area contributed by atoms with Crippen LogP contribution < -0.4 is 5.84 Å². The summed E-state index contributed by atoms with van der Waals surface area (Å²) in [4.78, 5) is 0. The van der Waals surface area contributed by atoms with E-state index in [1.165, 1.54) is 32.1 Å². The van der Waals surface area contributed by atoms with E-state index in [9.17, 15) is 0 Å². The second-order valence-corrected chi connectivity index (χ2v) is 4.28. The molecule has 1 heterocycles. The fraction of sp³-hybridized carbons (Fsp3) is 1.00. The molecule has 13 heavy (non-hydrogen) atoms. The Morgan fingerprint density at radius 3 is 2.62 bits per heavy atom. The predicted molar refractivity (Wildman–Crippen MR) is 52.1 cm³/mol. The fourth-order valence-electron chi connectivity index (χ4n) is 2.56. The average molecular weight is 184 g/mol. The molecule has 1 unspecified atom stereocenters. The molecule has 3 heteroatoms. The molecule has 76 valence electrons. The standard InChI is InChI=1S/C10H20N2O/c11-12-6-7-13-8-10(12)9-4-2-1-3-5-9/h9-10H,1-8,11H2. The lowest BCUT2D eigenvalue weighted by atomic mass is 9.83. The number of nitrogens with two attached hydrogens (primary N) is 1. The molecule has 0 bridgehead atoms. The van der Waals surface area contributed by atoms with E-state index in [4.69, 9.17) is 10.6 Å². The van der Waals surface area contributed by atoms with Gasteiger partial charge < -0.3 is 4.74 Å². The molecule has 1 atom stereocenters. The van der Waals surface area contributed by atoms with Gasteiger partial charge in [-0.3, -0.25) is 5.84 Å². The second-order valence-electron chi connectivity index (χ2n) is 4.28. The van der Waals surface area contributed by atoms with Crippen LogP contribution >= 0.6 is 0 Å². The molecule has 0 aromatic carbocycles. The highest BCUT2D eigenvalue weighted by Crippen LogP contribution is 2.29. The van der Waals surface area contributed by atoms with Crippen molar-refractivity contribution in [3.05, 3.63) is 0 Å². The third kappa shape index (κ3) is 2.22. The van der Waals surface area contributed by atoms with E-state index in [0.29, 0.717) is 6.04 Å². The van der Waals surface area contributed by atoms with Crippen molar-refractivity contribution in [2.24, 2.45) is 11.8 Å². The van der Waals surface area contributed by atoms with Gasteiger partial charge in [0.1, 0.15) is 0 Å². The molecule has 0 amide bonds. The van der Waals surface area contributed by atoms with Gasteiger partial charge in [-0.15, -0.1) is 0 Å². The van der Waals surface area contributed by atoms with Crippen molar-refractivity contribution in [2.45, 2.75) is 38.1 Å². The van der Waals surface area contributed by atoms with E-state index in [1.54, 1.807) is 0 Å². The summed E-state index contributed by atoms with van der Waals surface area (Å²) in [5.41, 5.74) is 0. The zero-order valence-corrected chi connectivity index (χ0v) is 8.24. The third-order valence-electron chi connectivity index (χ3n) is 3.40. The van der Waals surface area contributed by atoms with Crippen molar-refractivity contribution in [3.8, 4) is 0 Å². The van der Waals surface area contributed by atoms with E-state index >= 15 is 0 Å². The maximum Gasteiger partial charge on any atom is 0.0639 e. The minimum atomic E-state index is 0.494. The van der Waals surface area contributed by atoms with Crippen molar-refractivity contribution < 1.29 is 4.74 Å². The van der Waals surface area contributed by atoms with Crippen molar-refractivity contribution in [3.63, 3.8) is 0 Å². The van der Waals surface area contributed by atoms with E-state index in [-0.39, 0.29) is 0 Å². The molecule has 2 fully saturated rings. The first-order valence-corrected chi connectivity index (χ1v) is 5.47. The SMILES string of the molecule is NN1CCOCC1C1CCCCC1. The van der Waals surface area contributed by atoms with Crippen LogP contribution in [0.15, 0.2) is 0 Å². The number of hydrogen-bond donors (Lipinski definition) is 1. The monoisotopic (exact) mass is 184 g/mol. The number of ether oxygens (including phenoxy) is 1. The smallest absolute Gasteiger partial charge is 0.0639 e. The van der Waals surface area contributed by atoms with Crippen molar-refractivity contribution in [1.82, 2.24) is 5.01 Å². The lowest BCUT2D eigenvalue weighted by Gasteiger charge is -2.38. The molecule has 1 saturated carbocycles. The summed E-state index contributed by atoms with van der Waals surface area (Å²) in [6.45, 7) is 2.56. The molecule has 0 aromatic heterocycles. The summed E-state index contributed by atoms with van der Waals surface area (Å²) in [7, 11) is 0. The first-order valence-electron chi connectivity index (χ1n) is 5.47. The van der Waals surface area contributed by atoms with Crippen LogP contribution in [0, 0.1) is 5.92 Å². The minimum absolute atomic E-state index is 0.494. The number of rotatable bonds is 1. The summed E-state index contributed by atoms with van der Waals surface area (Å²) in [5.74, 6) is 6.75. The predicted octanol–water partition coefficient (Wildman–Crippen LogP) is 1.14. The second kappa shape index (κ2) is 4.40. The first kappa shape index (κ1) is 9.44. The Kier molecular flexibility index (Phi) is 3.19. The topological polar surface area (TPSA) is 38.5 Å². The Balaban J connectivity index is 1.88.